The van der Waals surface area contributed by atoms with E-state index in [2.05, 4.69) is 21.8 Å². The Morgan fingerprint density at radius 3 is 2.52 bits per heavy atom. The normalized spacial score (nSPS) is 22.0. The Morgan fingerprint density at radius 1 is 1.12 bits per heavy atom. The van der Waals surface area contributed by atoms with Gasteiger partial charge in [0, 0.05) is 51.2 Å². The number of carbonyl (C=O) groups is 2. The quantitative estimate of drug-likeness (QED) is 0.841. The molecule has 1 atom stereocenters. The summed E-state index contributed by atoms with van der Waals surface area (Å²) >= 11 is 0. The molecule has 0 saturated carbocycles. The summed E-state index contributed by atoms with van der Waals surface area (Å²) in [6.45, 7) is 5.91. The number of anilines is 1. The van der Waals surface area contributed by atoms with Gasteiger partial charge in [0.2, 0.25) is 5.91 Å². The van der Waals surface area contributed by atoms with Crippen LogP contribution in [0.2, 0.25) is 0 Å². The number of carbonyl (C=O) groups excluding carboxylic acids is 2. The zero-order chi connectivity index (χ0) is 17.8. The Morgan fingerprint density at radius 2 is 1.84 bits per heavy atom. The van der Waals surface area contributed by atoms with Gasteiger partial charge in [0.05, 0.1) is 6.54 Å². The monoisotopic (exact) mass is 346 g/mol. The summed E-state index contributed by atoms with van der Waals surface area (Å²) in [6, 6.07) is 0.337. The first-order chi connectivity index (χ1) is 12.1. The third-order valence-corrected chi connectivity index (χ3v) is 5.07. The lowest BCUT2D eigenvalue weighted by molar-refractivity contribution is -0.136. The van der Waals surface area contributed by atoms with Gasteiger partial charge in [-0.3, -0.25) is 14.5 Å². The van der Waals surface area contributed by atoms with E-state index in [0.29, 0.717) is 38.8 Å². The smallest absolute Gasteiger partial charge is 0.276 e. The molecule has 0 bridgehead atoms. The lowest BCUT2D eigenvalue weighted by Crippen LogP contribution is -2.53. The van der Waals surface area contributed by atoms with Crippen molar-refractivity contribution in [3.05, 3.63) is 18.1 Å². The van der Waals surface area contributed by atoms with Crippen molar-refractivity contribution in [2.75, 3.05) is 45.0 Å². The van der Waals surface area contributed by atoms with Gasteiger partial charge in [-0.25, -0.2) is 9.97 Å². The van der Waals surface area contributed by atoms with E-state index >= 15 is 0 Å². The van der Waals surface area contributed by atoms with Crippen molar-refractivity contribution in [2.45, 2.75) is 32.2 Å². The Labute approximate surface area is 148 Å². The molecule has 136 valence electrons. The first-order valence-electron chi connectivity index (χ1n) is 8.94. The molecule has 8 heteroatoms. The third-order valence-electron chi connectivity index (χ3n) is 5.07. The van der Waals surface area contributed by atoms with Crippen LogP contribution in [0, 0.1) is 0 Å². The van der Waals surface area contributed by atoms with Crippen LogP contribution >= 0.6 is 0 Å². The number of piperazine rings is 1. The number of hydrogen-bond donors (Lipinski definition) is 1. The van der Waals surface area contributed by atoms with Crippen LogP contribution in [0.15, 0.2) is 12.4 Å². The fourth-order valence-corrected chi connectivity index (χ4v) is 3.52. The molecule has 25 heavy (non-hydrogen) atoms. The van der Waals surface area contributed by atoms with Gasteiger partial charge >= 0.3 is 0 Å². The Kier molecular flexibility index (Phi) is 5.47. The van der Waals surface area contributed by atoms with Crippen molar-refractivity contribution >= 4 is 17.6 Å². The molecule has 2 aliphatic heterocycles. The second-order valence-corrected chi connectivity index (χ2v) is 6.79. The summed E-state index contributed by atoms with van der Waals surface area (Å²) in [5, 5.41) is 0. The van der Waals surface area contributed by atoms with Crippen molar-refractivity contribution in [1.82, 2.24) is 24.7 Å². The summed E-state index contributed by atoms with van der Waals surface area (Å²) in [6.07, 6.45) is 6.33. The van der Waals surface area contributed by atoms with E-state index in [1.807, 2.05) is 4.90 Å². The Balaban J connectivity index is 1.51. The second-order valence-electron chi connectivity index (χ2n) is 6.79. The van der Waals surface area contributed by atoms with Crippen LogP contribution in [-0.2, 0) is 4.79 Å². The SMILES string of the molecule is CC1CCCCN1C(=O)CN1CCN(C(=O)c2nccnc2N)CC1. The van der Waals surface area contributed by atoms with E-state index in [-0.39, 0.29) is 23.3 Å². The molecule has 0 radical (unpaired) electrons. The molecule has 2 saturated heterocycles. The molecular formula is C17H26N6O2. The van der Waals surface area contributed by atoms with Crippen LogP contribution in [-0.4, -0.2) is 81.8 Å². The van der Waals surface area contributed by atoms with E-state index in [0.717, 1.165) is 19.4 Å². The number of likely N-dealkylation sites (tertiary alicyclic amines) is 1. The number of nitrogens with two attached hydrogens (primary N) is 1. The molecule has 8 nitrogen and oxygen atoms in total. The van der Waals surface area contributed by atoms with E-state index in [1.165, 1.54) is 18.8 Å². The first kappa shape index (κ1) is 17.6. The standard InChI is InChI=1S/C17H26N6O2/c1-13-4-2-3-7-23(13)14(24)12-21-8-10-22(11-9-21)17(25)15-16(18)20-6-5-19-15/h5-6,13H,2-4,7-12H2,1H3,(H2,18,20). The fraction of sp³-hybridized carbons (Fsp3) is 0.647. The minimum Gasteiger partial charge on any atom is -0.382 e. The molecule has 1 unspecified atom stereocenters. The van der Waals surface area contributed by atoms with Gasteiger partial charge < -0.3 is 15.5 Å². The van der Waals surface area contributed by atoms with Crippen molar-refractivity contribution in [3.63, 3.8) is 0 Å². The maximum atomic E-state index is 12.5. The van der Waals surface area contributed by atoms with Crippen LogP contribution in [0.3, 0.4) is 0 Å². The lowest BCUT2D eigenvalue weighted by atomic mass is 10.0. The summed E-state index contributed by atoms with van der Waals surface area (Å²) in [4.78, 5) is 38.8. The van der Waals surface area contributed by atoms with Crippen LogP contribution in [0.25, 0.3) is 0 Å². The molecule has 2 N–H and O–H groups in total. The molecule has 1 aromatic heterocycles. The number of amides is 2. The number of rotatable bonds is 3. The summed E-state index contributed by atoms with van der Waals surface area (Å²) < 4.78 is 0. The predicted molar refractivity (Wildman–Crippen MR) is 93.8 cm³/mol. The molecule has 2 fully saturated rings. The zero-order valence-corrected chi connectivity index (χ0v) is 14.7. The maximum absolute atomic E-state index is 12.5. The van der Waals surface area contributed by atoms with Gasteiger partial charge in [-0.15, -0.1) is 0 Å². The van der Waals surface area contributed by atoms with E-state index in [9.17, 15) is 9.59 Å². The minimum absolute atomic E-state index is 0.157. The topological polar surface area (TPSA) is 95.7 Å². The summed E-state index contributed by atoms with van der Waals surface area (Å²) in [7, 11) is 0. The number of nitrogen functional groups attached to an aromatic ring is 1. The van der Waals surface area contributed by atoms with Crippen molar-refractivity contribution in [3.8, 4) is 0 Å². The second kappa shape index (κ2) is 7.77. The van der Waals surface area contributed by atoms with Gasteiger partial charge in [-0.2, -0.15) is 0 Å². The van der Waals surface area contributed by atoms with Crippen LogP contribution in [0.4, 0.5) is 5.82 Å². The van der Waals surface area contributed by atoms with E-state index in [1.54, 1.807) is 4.90 Å². The van der Waals surface area contributed by atoms with E-state index < -0.39 is 0 Å². The van der Waals surface area contributed by atoms with Gasteiger partial charge in [-0.1, -0.05) is 0 Å². The lowest BCUT2D eigenvalue weighted by Gasteiger charge is -2.38. The highest BCUT2D eigenvalue weighted by Gasteiger charge is 2.28. The molecule has 0 aliphatic carbocycles. The number of aromatic nitrogens is 2. The molecule has 0 aromatic carbocycles. The summed E-state index contributed by atoms with van der Waals surface area (Å²) in [5.41, 5.74) is 5.94. The Hall–Kier alpha value is -2.22. The van der Waals surface area contributed by atoms with Crippen molar-refractivity contribution < 1.29 is 9.59 Å². The highest BCUT2D eigenvalue weighted by atomic mass is 16.2. The van der Waals surface area contributed by atoms with Gasteiger partial charge in [0.1, 0.15) is 0 Å². The van der Waals surface area contributed by atoms with Crippen LogP contribution in [0.5, 0.6) is 0 Å². The third kappa shape index (κ3) is 4.07. The molecule has 2 amide bonds. The number of piperidine rings is 1. The molecule has 2 aliphatic rings. The van der Waals surface area contributed by atoms with Crippen molar-refractivity contribution in [1.29, 1.82) is 0 Å². The van der Waals surface area contributed by atoms with Crippen LogP contribution in [0.1, 0.15) is 36.7 Å². The molecular weight excluding hydrogens is 320 g/mol. The van der Waals surface area contributed by atoms with Gasteiger partial charge in [-0.05, 0) is 26.2 Å². The molecule has 3 heterocycles. The van der Waals surface area contributed by atoms with Crippen molar-refractivity contribution in [2.24, 2.45) is 0 Å². The summed E-state index contributed by atoms with van der Waals surface area (Å²) in [5.74, 6) is 0.163. The number of hydrogen-bond acceptors (Lipinski definition) is 6. The maximum Gasteiger partial charge on any atom is 0.276 e. The molecule has 3 rings (SSSR count). The zero-order valence-electron chi connectivity index (χ0n) is 14.7. The Bertz CT molecular complexity index is 629. The largest absolute Gasteiger partial charge is 0.382 e. The fourth-order valence-electron chi connectivity index (χ4n) is 3.52. The van der Waals surface area contributed by atoms with Gasteiger partial charge in [0.25, 0.3) is 5.91 Å². The first-order valence-corrected chi connectivity index (χ1v) is 8.94. The highest BCUT2D eigenvalue weighted by molar-refractivity contribution is 5.96. The molecule has 0 spiro atoms. The van der Waals surface area contributed by atoms with Crippen LogP contribution < -0.4 is 5.73 Å². The average Bonchev–Trinajstić information content (AvgIpc) is 2.62. The minimum atomic E-state index is -0.193. The molecule has 1 aromatic rings. The average molecular weight is 346 g/mol. The predicted octanol–water partition coefficient (Wildman–Crippen LogP) is 0.218. The number of nitrogens with zero attached hydrogens (tertiary/aromatic N) is 5. The van der Waals surface area contributed by atoms with E-state index in [4.69, 9.17) is 5.73 Å². The van der Waals surface area contributed by atoms with Gasteiger partial charge in [0.15, 0.2) is 11.5 Å². The highest BCUT2D eigenvalue weighted by Crippen LogP contribution is 2.17.